The van der Waals surface area contributed by atoms with E-state index in [1.807, 2.05) is 0 Å². The minimum atomic E-state index is 0.215. The lowest BCUT2D eigenvalue weighted by Crippen LogP contribution is -2.15. The Balaban J connectivity index is 1.91. The van der Waals surface area contributed by atoms with Gasteiger partial charge in [0.25, 0.3) is 0 Å². The van der Waals surface area contributed by atoms with Crippen molar-refractivity contribution >= 4 is 30.2 Å². The van der Waals surface area contributed by atoms with Crippen molar-refractivity contribution in [3.63, 3.8) is 0 Å². The highest BCUT2D eigenvalue weighted by Gasteiger charge is 2.19. The molecule has 1 heterocycles. The quantitative estimate of drug-likeness (QED) is 0.371. The van der Waals surface area contributed by atoms with Gasteiger partial charge in [-0.15, -0.1) is 0 Å². The molecule has 37 heavy (non-hydrogen) atoms. The van der Waals surface area contributed by atoms with Crippen molar-refractivity contribution in [1.82, 2.24) is 0 Å². The molecular weight excluding hydrogens is 486 g/mol. The maximum absolute atomic E-state index is 2.94. The van der Waals surface area contributed by atoms with E-state index >= 15 is 0 Å². The second-order valence-corrected chi connectivity index (χ2v) is 10.3. The summed E-state index contributed by atoms with van der Waals surface area (Å²) < 4.78 is 4.42. The fraction of sp³-hybridized carbons (Fsp3) is 0.152. The minimum absolute atomic E-state index is 0.215. The van der Waals surface area contributed by atoms with E-state index < -0.39 is 0 Å². The molecule has 188 valence electrons. The molecule has 0 amide bonds. The molecule has 0 fully saturated rings. The predicted molar refractivity (Wildman–Crippen MR) is 168 cm³/mol. The van der Waals surface area contributed by atoms with Gasteiger partial charge in [-0.2, -0.15) is 0 Å². The highest BCUT2D eigenvalue weighted by atomic mass is 31.0. The molecule has 4 bridgehead atoms. The van der Waals surface area contributed by atoms with Gasteiger partial charge < -0.3 is 9.34 Å². The van der Waals surface area contributed by atoms with Crippen LogP contribution in [0, 0.1) is 6.92 Å². The smallest absolute Gasteiger partial charge is 0.0447 e. The average Bonchev–Trinajstić information content (AvgIpc) is 2.89. The Labute approximate surface area is 227 Å². The number of anilines is 2. The van der Waals surface area contributed by atoms with Crippen LogP contribution in [0.1, 0.15) is 37.3 Å². The lowest BCUT2D eigenvalue weighted by atomic mass is 9.89. The minimum Gasteiger partial charge on any atom is -0.326 e. The second-order valence-electron chi connectivity index (χ2n) is 9.29. The van der Waals surface area contributed by atoms with Crippen molar-refractivity contribution in [2.45, 2.75) is 33.1 Å². The van der Waals surface area contributed by atoms with Crippen molar-refractivity contribution in [1.29, 1.82) is 0 Å². The summed E-state index contributed by atoms with van der Waals surface area (Å²) in [6.07, 6.45) is 10.2. The van der Waals surface area contributed by atoms with Crippen molar-refractivity contribution < 1.29 is 0 Å². The van der Waals surface area contributed by atoms with Crippen molar-refractivity contribution in [2.24, 2.45) is 0 Å². The van der Waals surface area contributed by atoms with E-state index in [9.17, 15) is 0 Å². The van der Waals surface area contributed by atoms with Crippen LogP contribution in [0.2, 0.25) is 0 Å². The monoisotopic (exact) mass is 522 g/mol. The molecule has 2 aliphatic rings. The molecule has 3 atom stereocenters. The van der Waals surface area contributed by atoms with E-state index in [2.05, 4.69) is 170 Å². The molecule has 1 aliphatic heterocycles. The highest BCUT2D eigenvalue weighted by molar-refractivity contribution is 7.19. The normalized spacial score (nSPS) is 16.1. The van der Waals surface area contributed by atoms with Crippen LogP contribution in [0.25, 0.3) is 0 Å². The Morgan fingerprint density at radius 2 is 1.43 bits per heavy atom. The topological polar surface area (TPSA) is 6.48 Å². The summed E-state index contributed by atoms with van der Waals surface area (Å²) in [5, 5.41) is 0. The molecule has 4 rings (SSSR count). The summed E-state index contributed by atoms with van der Waals surface area (Å²) in [5.74, 6) is 0.215. The molecule has 3 unspecified atom stereocenters. The zero-order chi connectivity index (χ0) is 26.2. The maximum atomic E-state index is 2.94. The Hall–Kier alpha value is -3.18. The first-order chi connectivity index (χ1) is 18.0. The molecular formula is C33H36N2P2. The van der Waals surface area contributed by atoms with Gasteiger partial charge in [-0.1, -0.05) is 86.6 Å². The Kier molecular flexibility index (Phi) is 9.34. The van der Waals surface area contributed by atoms with Gasteiger partial charge in [-0.25, -0.2) is 0 Å². The van der Waals surface area contributed by atoms with E-state index in [0.29, 0.717) is 0 Å². The first-order valence-electron chi connectivity index (χ1n) is 12.7. The summed E-state index contributed by atoms with van der Waals surface area (Å²) in [4.78, 5) is 0. The predicted octanol–water partition coefficient (Wildman–Crippen LogP) is 9.30. The van der Waals surface area contributed by atoms with E-state index in [4.69, 9.17) is 0 Å². The summed E-state index contributed by atoms with van der Waals surface area (Å²) in [6.45, 7) is 6.64. The number of aryl methyl sites for hydroxylation is 1. The first kappa shape index (κ1) is 26.9. The van der Waals surface area contributed by atoms with Crippen LogP contribution in [0.5, 0.6) is 0 Å². The number of hydrogen-bond acceptors (Lipinski definition) is 2. The molecule has 0 radical (unpaired) electrons. The van der Waals surface area contributed by atoms with E-state index in [-0.39, 0.29) is 5.92 Å². The van der Waals surface area contributed by atoms with Crippen LogP contribution in [0.15, 0.2) is 144 Å². The fourth-order valence-corrected chi connectivity index (χ4v) is 4.96. The first-order valence-corrected chi connectivity index (χ1v) is 13.8. The molecule has 0 spiro atoms. The summed E-state index contributed by atoms with van der Waals surface area (Å²) in [6, 6.07) is 34.0. The van der Waals surface area contributed by atoms with Crippen molar-refractivity contribution in [2.75, 3.05) is 9.34 Å². The molecule has 0 aromatic heterocycles. The molecule has 0 saturated carbocycles. The van der Waals surface area contributed by atoms with Crippen LogP contribution >= 0.6 is 18.8 Å². The number of allylic oxidation sites excluding steroid dienone is 6. The number of hydrogen-bond donors (Lipinski definition) is 0. The van der Waals surface area contributed by atoms with Gasteiger partial charge in [0.1, 0.15) is 0 Å². The van der Waals surface area contributed by atoms with E-state index in [0.717, 1.165) is 29.2 Å². The van der Waals surface area contributed by atoms with Crippen LogP contribution in [0.4, 0.5) is 11.4 Å². The molecule has 2 nitrogen and oxygen atoms in total. The average molecular weight is 523 g/mol. The van der Waals surface area contributed by atoms with Crippen LogP contribution in [0.3, 0.4) is 0 Å². The zero-order valence-corrected chi connectivity index (χ0v) is 24.2. The van der Waals surface area contributed by atoms with Crippen molar-refractivity contribution in [3.8, 4) is 0 Å². The summed E-state index contributed by atoms with van der Waals surface area (Å²) >= 11 is 0. The fourth-order valence-electron chi connectivity index (χ4n) is 4.34. The number of rotatable bonds is 3. The van der Waals surface area contributed by atoms with Crippen LogP contribution < -0.4 is 9.34 Å². The van der Waals surface area contributed by atoms with Crippen LogP contribution in [-0.4, -0.2) is 0 Å². The van der Waals surface area contributed by atoms with Gasteiger partial charge in [0.15, 0.2) is 0 Å². The van der Waals surface area contributed by atoms with E-state index in [1.165, 1.54) is 22.3 Å². The lowest BCUT2D eigenvalue weighted by molar-refractivity contribution is 0.911. The number of nitrogens with zero attached hydrogens (tertiary/aromatic N) is 2. The molecule has 4 heteroatoms. The van der Waals surface area contributed by atoms with Gasteiger partial charge >= 0.3 is 0 Å². The summed E-state index contributed by atoms with van der Waals surface area (Å²) in [7, 11) is 5.86. The third-order valence-corrected chi connectivity index (χ3v) is 7.77. The van der Waals surface area contributed by atoms with Gasteiger partial charge in [-0.3, -0.25) is 0 Å². The molecule has 1 aliphatic carbocycles. The molecule has 2 aromatic rings. The third kappa shape index (κ3) is 6.98. The van der Waals surface area contributed by atoms with Crippen molar-refractivity contribution in [3.05, 3.63) is 155 Å². The molecule has 0 N–H and O–H groups in total. The Morgan fingerprint density at radius 3 is 2.16 bits per heavy atom. The van der Waals surface area contributed by atoms with Gasteiger partial charge in [-0.05, 0) is 103 Å². The van der Waals surface area contributed by atoms with Gasteiger partial charge in [0.05, 0.1) is 0 Å². The SMILES string of the molecule is CCC1=CC(N(P)c2cccccccc(C)c2)=CC2=CC(=C1)N(P)c1cccccccc(c1)C2C. The number of fused-ring (bicyclic) bond motifs is 3. The standard InChI is InChI=1S/C33H36N2P2/c1-4-27-20-32(34(36)30-17-13-9-5-7-11-15-25(2)19-30)23-29-24-33(21-27)35(37)31-18-14-10-6-8-12-16-28(22-31)26(29)3/h5-24,26H,4,36-37H2,1-3H3. The molecule has 2 aromatic carbocycles. The van der Waals surface area contributed by atoms with Crippen LogP contribution in [-0.2, 0) is 0 Å². The summed E-state index contributed by atoms with van der Waals surface area (Å²) in [5.41, 5.74) is 9.53. The molecule has 0 saturated heterocycles. The second kappa shape index (κ2) is 12.9. The lowest BCUT2D eigenvalue weighted by Gasteiger charge is -2.29. The van der Waals surface area contributed by atoms with Gasteiger partial charge in [0.2, 0.25) is 0 Å². The van der Waals surface area contributed by atoms with Gasteiger partial charge in [0, 0.05) is 28.7 Å². The largest absolute Gasteiger partial charge is 0.326 e. The highest BCUT2D eigenvalue weighted by Crippen LogP contribution is 2.38. The zero-order valence-electron chi connectivity index (χ0n) is 21.9. The Morgan fingerprint density at radius 1 is 0.784 bits per heavy atom. The Bertz CT molecular complexity index is 1380. The van der Waals surface area contributed by atoms with E-state index in [1.54, 1.807) is 0 Å². The third-order valence-electron chi connectivity index (χ3n) is 6.58. The maximum Gasteiger partial charge on any atom is 0.0447 e.